The molecule has 2 unspecified atom stereocenters. The Labute approximate surface area is 127 Å². The standard InChI is InChI=1S/C17H26N2O2/c1-12-3-5-14(6-4-12)13(2)11-19-17(20)16(18)15-7-9-21-10-8-15/h3-6,13,15-16H,7-11,18H2,1-2H3,(H,19,20). The van der Waals surface area contributed by atoms with Crippen molar-refractivity contribution in [3.8, 4) is 0 Å². The molecule has 4 nitrogen and oxygen atoms in total. The molecule has 1 fully saturated rings. The van der Waals surface area contributed by atoms with Gasteiger partial charge in [-0.15, -0.1) is 0 Å². The summed E-state index contributed by atoms with van der Waals surface area (Å²) in [6, 6.07) is 8.01. The van der Waals surface area contributed by atoms with E-state index in [4.69, 9.17) is 10.5 Å². The molecule has 4 heteroatoms. The number of hydrogen-bond acceptors (Lipinski definition) is 3. The second-order valence-electron chi connectivity index (χ2n) is 6.03. The summed E-state index contributed by atoms with van der Waals surface area (Å²) in [5, 5.41) is 2.99. The van der Waals surface area contributed by atoms with E-state index in [1.165, 1.54) is 11.1 Å². The van der Waals surface area contributed by atoms with E-state index in [-0.39, 0.29) is 17.7 Å². The summed E-state index contributed by atoms with van der Waals surface area (Å²) in [5.41, 5.74) is 8.55. The SMILES string of the molecule is Cc1ccc(C(C)CNC(=O)C(N)C2CCOCC2)cc1. The fourth-order valence-electron chi connectivity index (χ4n) is 2.67. The Bertz CT molecular complexity index is 452. The molecule has 1 heterocycles. The van der Waals surface area contributed by atoms with Gasteiger partial charge in [0.25, 0.3) is 0 Å². The van der Waals surface area contributed by atoms with Crippen LogP contribution < -0.4 is 11.1 Å². The van der Waals surface area contributed by atoms with Crippen LogP contribution in [0.3, 0.4) is 0 Å². The first-order valence-corrected chi connectivity index (χ1v) is 7.75. The first-order chi connectivity index (χ1) is 10.1. The number of carbonyl (C=O) groups excluding carboxylic acids is 1. The van der Waals surface area contributed by atoms with Gasteiger partial charge in [-0.1, -0.05) is 36.8 Å². The minimum Gasteiger partial charge on any atom is -0.381 e. The average molecular weight is 290 g/mol. The molecule has 0 saturated carbocycles. The van der Waals surface area contributed by atoms with Crippen molar-refractivity contribution in [1.82, 2.24) is 5.32 Å². The van der Waals surface area contributed by atoms with Crippen LogP contribution in [-0.2, 0) is 9.53 Å². The molecule has 1 saturated heterocycles. The summed E-state index contributed by atoms with van der Waals surface area (Å²) in [6.45, 7) is 6.24. The number of nitrogens with one attached hydrogen (secondary N) is 1. The van der Waals surface area contributed by atoms with Gasteiger partial charge < -0.3 is 15.8 Å². The molecule has 0 spiro atoms. The Morgan fingerprint density at radius 1 is 1.33 bits per heavy atom. The van der Waals surface area contributed by atoms with Gasteiger partial charge in [0.2, 0.25) is 5.91 Å². The van der Waals surface area contributed by atoms with E-state index in [0.717, 1.165) is 12.8 Å². The van der Waals surface area contributed by atoms with E-state index in [2.05, 4.69) is 43.4 Å². The number of aryl methyl sites for hydroxylation is 1. The summed E-state index contributed by atoms with van der Waals surface area (Å²) in [6.07, 6.45) is 1.75. The Morgan fingerprint density at radius 3 is 2.57 bits per heavy atom. The molecular formula is C17H26N2O2. The minimum absolute atomic E-state index is 0.0409. The number of carbonyl (C=O) groups is 1. The third-order valence-corrected chi connectivity index (χ3v) is 4.31. The Hall–Kier alpha value is -1.39. The van der Waals surface area contributed by atoms with Gasteiger partial charge in [0, 0.05) is 19.8 Å². The van der Waals surface area contributed by atoms with Crippen LogP contribution in [0.2, 0.25) is 0 Å². The molecule has 0 aromatic heterocycles. The number of ether oxygens (including phenoxy) is 1. The van der Waals surface area contributed by atoms with Gasteiger partial charge in [0.1, 0.15) is 0 Å². The van der Waals surface area contributed by atoms with E-state index < -0.39 is 6.04 Å². The number of hydrogen-bond donors (Lipinski definition) is 2. The molecule has 21 heavy (non-hydrogen) atoms. The van der Waals surface area contributed by atoms with Crippen LogP contribution in [0.25, 0.3) is 0 Å². The van der Waals surface area contributed by atoms with Gasteiger partial charge in [-0.3, -0.25) is 4.79 Å². The van der Waals surface area contributed by atoms with Crippen LogP contribution in [0.15, 0.2) is 24.3 Å². The molecule has 2 atom stereocenters. The molecule has 1 aromatic rings. The van der Waals surface area contributed by atoms with Crippen LogP contribution in [0.1, 0.15) is 36.8 Å². The average Bonchev–Trinajstić information content (AvgIpc) is 2.53. The minimum atomic E-state index is -0.417. The van der Waals surface area contributed by atoms with Crippen molar-refractivity contribution in [2.24, 2.45) is 11.7 Å². The van der Waals surface area contributed by atoms with E-state index in [9.17, 15) is 4.79 Å². The van der Waals surface area contributed by atoms with Gasteiger partial charge in [-0.05, 0) is 37.2 Å². The maximum Gasteiger partial charge on any atom is 0.237 e. The van der Waals surface area contributed by atoms with Gasteiger partial charge in [-0.2, -0.15) is 0 Å². The highest BCUT2D eigenvalue weighted by atomic mass is 16.5. The number of rotatable bonds is 5. The van der Waals surface area contributed by atoms with Gasteiger partial charge in [0.05, 0.1) is 6.04 Å². The third-order valence-electron chi connectivity index (χ3n) is 4.31. The van der Waals surface area contributed by atoms with Crippen molar-refractivity contribution < 1.29 is 9.53 Å². The number of nitrogens with two attached hydrogens (primary N) is 1. The fraction of sp³-hybridized carbons (Fsp3) is 0.588. The molecule has 1 aliphatic heterocycles. The Morgan fingerprint density at radius 2 is 1.95 bits per heavy atom. The maximum atomic E-state index is 12.2. The van der Waals surface area contributed by atoms with Gasteiger partial charge in [-0.25, -0.2) is 0 Å². The summed E-state index contributed by atoms with van der Waals surface area (Å²) < 4.78 is 5.31. The maximum absolute atomic E-state index is 12.2. The molecule has 3 N–H and O–H groups in total. The molecule has 1 aliphatic rings. The van der Waals surface area contributed by atoms with Crippen molar-refractivity contribution in [3.05, 3.63) is 35.4 Å². The zero-order valence-corrected chi connectivity index (χ0v) is 13.0. The summed E-state index contributed by atoms with van der Waals surface area (Å²) >= 11 is 0. The van der Waals surface area contributed by atoms with Crippen LogP contribution >= 0.6 is 0 Å². The van der Waals surface area contributed by atoms with Gasteiger partial charge >= 0.3 is 0 Å². The molecule has 116 valence electrons. The van der Waals surface area contributed by atoms with E-state index >= 15 is 0 Å². The molecule has 1 aromatic carbocycles. The number of amides is 1. The van der Waals surface area contributed by atoms with E-state index in [1.54, 1.807) is 0 Å². The lowest BCUT2D eigenvalue weighted by Gasteiger charge is -2.27. The summed E-state index contributed by atoms with van der Waals surface area (Å²) in [7, 11) is 0. The molecular weight excluding hydrogens is 264 g/mol. The molecule has 0 bridgehead atoms. The topological polar surface area (TPSA) is 64.4 Å². The first-order valence-electron chi connectivity index (χ1n) is 7.75. The molecule has 1 amide bonds. The number of benzene rings is 1. The second kappa shape index (κ2) is 7.57. The lowest BCUT2D eigenvalue weighted by molar-refractivity contribution is -0.124. The van der Waals surface area contributed by atoms with Crippen LogP contribution in [0.4, 0.5) is 0 Å². The highest BCUT2D eigenvalue weighted by Gasteiger charge is 2.26. The van der Waals surface area contributed by atoms with E-state index in [0.29, 0.717) is 19.8 Å². The predicted octanol–water partition coefficient (Wildman–Crippen LogP) is 1.97. The van der Waals surface area contributed by atoms with Crippen molar-refractivity contribution in [2.75, 3.05) is 19.8 Å². The van der Waals surface area contributed by atoms with Gasteiger partial charge in [0.15, 0.2) is 0 Å². The van der Waals surface area contributed by atoms with Crippen molar-refractivity contribution in [2.45, 2.75) is 38.6 Å². The monoisotopic (exact) mass is 290 g/mol. The van der Waals surface area contributed by atoms with Crippen LogP contribution in [0.5, 0.6) is 0 Å². The van der Waals surface area contributed by atoms with E-state index in [1.807, 2.05) is 0 Å². The predicted molar refractivity (Wildman–Crippen MR) is 84.1 cm³/mol. The second-order valence-corrected chi connectivity index (χ2v) is 6.03. The third kappa shape index (κ3) is 4.55. The molecule has 2 rings (SSSR count). The largest absolute Gasteiger partial charge is 0.381 e. The van der Waals surface area contributed by atoms with Crippen molar-refractivity contribution >= 4 is 5.91 Å². The van der Waals surface area contributed by atoms with Crippen molar-refractivity contribution in [3.63, 3.8) is 0 Å². The van der Waals surface area contributed by atoms with Crippen LogP contribution in [0, 0.1) is 12.8 Å². The first kappa shape index (κ1) is 16.0. The highest BCUT2D eigenvalue weighted by Crippen LogP contribution is 2.18. The smallest absolute Gasteiger partial charge is 0.237 e. The van der Waals surface area contributed by atoms with Crippen LogP contribution in [-0.4, -0.2) is 31.7 Å². The summed E-state index contributed by atoms with van der Waals surface area (Å²) in [4.78, 5) is 12.2. The highest BCUT2D eigenvalue weighted by molar-refractivity contribution is 5.81. The van der Waals surface area contributed by atoms with Crippen molar-refractivity contribution in [1.29, 1.82) is 0 Å². The molecule has 0 aliphatic carbocycles. The normalized spacial score (nSPS) is 19.0. The fourth-order valence-corrected chi connectivity index (χ4v) is 2.67. The molecule has 0 radical (unpaired) electrons. The quantitative estimate of drug-likeness (QED) is 0.871. The lowest BCUT2D eigenvalue weighted by atomic mass is 9.91. The summed E-state index contributed by atoms with van der Waals surface area (Å²) in [5.74, 6) is 0.491. The zero-order valence-electron chi connectivity index (χ0n) is 13.0. The zero-order chi connectivity index (χ0) is 15.2. The Kier molecular flexibility index (Phi) is 5.76. The Balaban J connectivity index is 1.81. The lowest BCUT2D eigenvalue weighted by Crippen LogP contribution is -2.47.